The van der Waals surface area contributed by atoms with Crippen molar-refractivity contribution in [3.05, 3.63) is 58.1 Å². The van der Waals surface area contributed by atoms with Crippen LogP contribution >= 0.6 is 11.6 Å². The molecule has 1 atom stereocenters. The monoisotopic (exact) mass is 371 g/mol. The summed E-state index contributed by atoms with van der Waals surface area (Å²) < 4.78 is 10.5. The van der Waals surface area contributed by atoms with Crippen molar-refractivity contribution < 1.29 is 13.8 Å². The van der Waals surface area contributed by atoms with Crippen LogP contribution in [0.2, 0.25) is 5.02 Å². The number of hydrogen-bond donors (Lipinski definition) is 0. The Balaban J connectivity index is 1.73. The number of amides is 1. The molecule has 2 aromatic heterocycles. The Labute approximate surface area is 155 Å². The fourth-order valence-corrected chi connectivity index (χ4v) is 3.69. The number of likely N-dealkylation sites (tertiary alicyclic amines) is 1. The van der Waals surface area contributed by atoms with Gasteiger partial charge in [0, 0.05) is 18.2 Å². The molecule has 0 radical (unpaired) electrons. The summed E-state index contributed by atoms with van der Waals surface area (Å²) in [5.74, 6) is 1.09. The van der Waals surface area contributed by atoms with E-state index in [1.807, 2.05) is 36.1 Å². The minimum atomic E-state index is -0.123. The summed E-state index contributed by atoms with van der Waals surface area (Å²) in [4.78, 5) is 15.2. The summed E-state index contributed by atoms with van der Waals surface area (Å²) in [6.07, 6.45) is 1.76. The molecule has 26 heavy (non-hydrogen) atoms. The van der Waals surface area contributed by atoms with E-state index in [4.69, 9.17) is 20.6 Å². The predicted molar refractivity (Wildman–Crippen MR) is 95.9 cm³/mol. The van der Waals surface area contributed by atoms with E-state index in [9.17, 15) is 4.79 Å². The standard InChI is InChI=1S/C19H18ClN3O3/c1-11-10-15(21-25-11)16-8-5-9-23(16)19(24)17-12(2)26-22-18(17)13-6-3-4-7-14(13)20/h3-4,6-7,10,16H,5,8-9H2,1-2H3/t16-/m1/s1. The van der Waals surface area contributed by atoms with Crippen molar-refractivity contribution in [2.45, 2.75) is 32.7 Å². The molecule has 6 nitrogen and oxygen atoms in total. The van der Waals surface area contributed by atoms with Gasteiger partial charge in [-0.3, -0.25) is 4.79 Å². The van der Waals surface area contributed by atoms with Crippen LogP contribution in [0.4, 0.5) is 0 Å². The SMILES string of the molecule is Cc1cc([C@H]2CCCN2C(=O)c2c(-c3ccccc3Cl)noc2C)no1. The summed E-state index contributed by atoms with van der Waals surface area (Å²) in [6, 6.07) is 9.07. The lowest BCUT2D eigenvalue weighted by atomic mass is 10.0. The van der Waals surface area contributed by atoms with Gasteiger partial charge in [0.05, 0.1) is 11.1 Å². The van der Waals surface area contributed by atoms with Gasteiger partial charge in [-0.1, -0.05) is 40.1 Å². The first-order valence-corrected chi connectivity index (χ1v) is 8.89. The molecule has 1 fully saturated rings. The lowest BCUT2D eigenvalue weighted by Crippen LogP contribution is -2.31. The van der Waals surface area contributed by atoms with E-state index in [-0.39, 0.29) is 11.9 Å². The van der Waals surface area contributed by atoms with E-state index >= 15 is 0 Å². The minimum absolute atomic E-state index is 0.103. The van der Waals surface area contributed by atoms with Crippen molar-refractivity contribution in [1.29, 1.82) is 0 Å². The largest absolute Gasteiger partial charge is 0.361 e. The van der Waals surface area contributed by atoms with E-state index in [2.05, 4.69) is 10.3 Å². The second-order valence-corrected chi connectivity index (χ2v) is 6.87. The maximum absolute atomic E-state index is 13.3. The topological polar surface area (TPSA) is 72.4 Å². The van der Waals surface area contributed by atoms with E-state index in [0.717, 1.165) is 24.3 Å². The first kappa shape index (κ1) is 16.8. The fourth-order valence-electron chi connectivity index (χ4n) is 3.46. The minimum Gasteiger partial charge on any atom is -0.361 e. The van der Waals surface area contributed by atoms with E-state index < -0.39 is 0 Å². The summed E-state index contributed by atoms with van der Waals surface area (Å²) in [5.41, 5.74) is 2.38. The molecule has 0 unspecified atom stereocenters. The number of hydrogen-bond acceptors (Lipinski definition) is 5. The van der Waals surface area contributed by atoms with Gasteiger partial charge in [0.25, 0.3) is 5.91 Å². The van der Waals surface area contributed by atoms with Crippen molar-refractivity contribution >= 4 is 17.5 Å². The molecule has 4 rings (SSSR count). The molecule has 1 saturated heterocycles. The number of halogens is 1. The average molecular weight is 372 g/mol. The molecule has 0 N–H and O–H groups in total. The van der Waals surface area contributed by atoms with Crippen LogP contribution in [0.1, 0.15) is 46.5 Å². The van der Waals surface area contributed by atoms with Gasteiger partial charge in [0.2, 0.25) is 0 Å². The number of aryl methyl sites for hydroxylation is 2. The quantitative estimate of drug-likeness (QED) is 0.673. The van der Waals surface area contributed by atoms with Crippen LogP contribution in [0, 0.1) is 13.8 Å². The fraction of sp³-hybridized carbons (Fsp3) is 0.316. The molecule has 0 aliphatic carbocycles. The number of rotatable bonds is 3. The zero-order chi connectivity index (χ0) is 18.3. The lowest BCUT2D eigenvalue weighted by molar-refractivity contribution is 0.0729. The number of carbonyl (C=O) groups excluding carboxylic acids is 1. The smallest absolute Gasteiger partial charge is 0.260 e. The molecule has 1 amide bonds. The van der Waals surface area contributed by atoms with Crippen LogP contribution in [0.3, 0.4) is 0 Å². The Bertz CT molecular complexity index is 963. The Kier molecular flexibility index (Phi) is 4.28. The summed E-state index contributed by atoms with van der Waals surface area (Å²) in [7, 11) is 0. The predicted octanol–water partition coefficient (Wildman–Crippen LogP) is 4.58. The highest BCUT2D eigenvalue weighted by Gasteiger charge is 2.36. The zero-order valence-electron chi connectivity index (χ0n) is 14.5. The van der Waals surface area contributed by atoms with Gasteiger partial charge in [-0.15, -0.1) is 0 Å². The van der Waals surface area contributed by atoms with E-state index in [1.165, 1.54) is 0 Å². The number of aromatic nitrogens is 2. The highest BCUT2D eigenvalue weighted by Crippen LogP contribution is 2.36. The van der Waals surface area contributed by atoms with Gasteiger partial charge in [-0.2, -0.15) is 0 Å². The molecule has 0 saturated carbocycles. The normalized spacial score (nSPS) is 17.0. The average Bonchev–Trinajstić information content (AvgIpc) is 3.34. The van der Waals surface area contributed by atoms with Crippen LogP contribution in [-0.4, -0.2) is 27.7 Å². The maximum Gasteiger partial charge on any atom is 0.260 e. The molecule has 7 heteroatoms. The molecule has 3 aromatic rings. The second-order valence-electron chi connectivity index (χ2n) is 6.46. The summed E-state index contributed by atoms with van der Waals surface area (Å²) >= 11 is 6.30. The second kappa shape index (κ2) is 6.61. The Morgan fingerprint density at radius 1 is 1.23 bits per heavy atom. The number of nitrogens with zero attached hydrogens (tertiary/aromatic N) is 3. The van der Waals surface area contributed by atoms with Gasteiger partial charge in [-0.25, -0.2) is 0 Å². The Hall–Kier alpha value is -2.60. The van der Waals surface area contributed by atoms with Gasteiger partial charge >= 0.3 is 0 Å². The third-order valence-corrected chi connectivity index (χ3v) is 5.04. The highest BCUT2D eigenvalue weighted by molar-refractivity contribution is 6.33. The van der Waals surface area contributed by atoms with Crippen molar-refractivity contribution in [2.75, 3.05) is 6.54 Å². The van der Waals surface area contributed by atoms with E-state index in [0.29, 0.717) is 34.1 Å². The third kappa shape index (κ3) is 2.80. The van der Waals surface area contributed by atoms with Gasteiger partial charge < -0.3 is 13.9 Å². The number of carbonyl (C=O) groups is 1. The van der Waals surface area contributed by atoms with Crippen LogP contribution in [0.15, 0.2) is 39.4 Å². The van der Waals surface area contributed by atoms with Crippen molar-refractivity contribution in [1.82, 2.24) is 15.2 Å². The van der Waals surface area contributed by atoms with Crippen molar-refractivity contribution in [3.63, 3.8) is 0 Å². The van der Waals surface area contributed by atoms with Crippen molar-refractivity contribution in [2.24, 2.45) is 0 Å². The molecule has 1 aliphatic heterocycles. The first-order valence-electron chi connectivity index (χ1n) is 8.51. The molecule has 3 heterocycles. The Morgan fingerprint density at radius 3 is 2.77 bits per heavy atom. The molecule has 0 spiro atoms. The zero-order valence-corrected chi connectivity index (χ0v) is 15.3. The molecule has 134 valence electrons. The van der Waals surface area contributed by atoms with Crippen LogP contribution in [0.5, 0.6) is 0 Å². The van der Waals surface area contributed by atoms with Crippen molar-refractivity contribution in [3.8, 4) is 11.3 Å². The molecule has 1 aliphatic rings. The summed E-state index contributed by atoms with van der Waals surface area (Å²) in [5, 5.41) is 8.73. The van der Waals surface area contributed by atoms with Gasteiger partial charge in [0.15, 0.2) is 0 Å². The van der Waals surface area contributed by atoms with Crippen LogP contribution in [0.25, 0.3) is 11.3 Å². The number of benzene rings is 1. The molecular weight excluding hydrogens is 354 g/mol. The first-order chi connectivity index (χ1) is 12.6. The molecule has 0 bridgehead atoms. The third-order valence-electron chi connectivity index (χ3n) is 4.71. The molecule has 1 aromatic carbocycles. The van der Waals surface area contributed by atoms with Gasteiger partial charge in [0.1, 0.15) is 28.5 Å². The lowest BCUT2D eigenvalue weighted by Gasteiger charge is -2.23. The maximum atomic E-state index is 13.3. The summed E-state index contributed by atoms with van der Waals surface area (Å²) in [6.45, 7) is 4.24. The van der Waals surface area contributed by atoms with Crippen LogP contribution in [-0.2, 0) is 0 Å². The highest BCUT2D eigenvalue weighted by atomic mass is 35.5. The molecular formula is C19H18ClN3O3. The van der Waals surface area contributed by atoms with Gasteiger partial charge in [-0.05, 0) is 32.8 Å². The Morgan fingerprint density at radius 2 is 2.04 bits per heavy atom. The van der Waals surface area contributed by atoms with Crippen LogP contribution < -0.4 is 0 Å². The van der Waals surface area contributed by atoms with E-state index in [1.54, 1.807) is 13.0 Å².